The van der Waals surface area contributed by atoms with Crippen molar-refractivity contribution in [2.45, 2.75) is 31.9 Å². The number of para-hydroxylation sites is 1. The third-order valence-electron chi connectivity index (χ3n) is 2.63. The molecule has 2 heteroatoms. The van der Waals surface area contributed by atoms with Crippen molar-refractivity contribution in [3.8, 4) is 5.75 Å². The molecule has 1 N–H and O–H groups in total. The molecule has 1 aromatic rings. The van der Waals surface area contributed by atoms with Gasteiger partial charge in [-0.05, 0) is 31.5 Å². The Morgan fingerprint density at radius 2 is 2.00 bits per heavy atom. The van der Waals surface area contributed by atoms with E-state index in [2.05, 4.69) is 12.2 Å². The first-order valence-electron chi connectivity index (χ1n) is 5.33. The van der Waals surface area contributed by atoms with E-state index in [4.69, 9.17) is 4.74 Å². The van der Waals surface area contributed by atoms with Crippen molar-refractivity contribution in [2.24, 2.45) is 0 Å². The molecular weight excluding hydrogens is 174 g/mol. The summed E-state index contributed by atoms with van der Waals surface area (Å²) in [5.74, 6) is 0.993. The first-order chi connectivity index (χ1) is 6.88. The zero-order chi connectivity index (χ0) is 9.80. The number of rotatable bonds is 4. The molecule has 0 unspecified atom stereocenters. The minimum absolute atomic E-state index is 0.418. The lowest BCUT2D eigenvalue weighted by atomic mass is 9.89. The van der Waals surface area contributed by atoms with Crippen LogP contribution in [0.5, 0.6) is 5.75 Å². The molecule has 0 aromatic heterocycles. The molecule has 0 atom stereocenters. The highest BCUT2D eigenvalue weighted by molar-refractivity contribution is 5.21. The van der Waals surface area contributed by atoms with E-state index in [-0.39, 0.29) is 0 Å². The van der Waals surface area contributed by atoms with Gasteiger partial charge in [0.05, 0.1) is 0 Å². The lowest BCUT2D eigenvalue weighted by molar-refractivity contribution is 0.0859. The molecule has 76 valence electrons. The van der Waals surface area contributed by atoms with Gasteiger partial charge in [0, 0.05) is 6.04 Å². The average molecular weight is 191 g/mol. The minimum atomic E-state index is 0.418. The molecule has 1 aromatic carbocycles. The van der Waals surface area contributed by atoms with E-state index in [9.17, 15) is 0 Å². The van der Waals surface area contributed by atoms with Crippen molar-refractivity contribution in [1.82, 2.24) is 5.32 Å². The van der Waals surface area contributed by atoms with Crippen LogP contribution in [0.25, 0.3) is 0 Å². The van der Waals surface area contributed by atoms with Crippen LogP contribution in [-0.4, -0.2) is 18.7 Å². The Labute approximate surface area is 85.3 Å². The van der Waals surface area contributed by atoms with Gasteiger partial charge >= 0.3 is 0 Å². The first kappa shape index (κ1) is 9.53. The van der Waals surface area contributed by atoms with E-state index in [1.807, 2.05) is 30.3 Å². The van der Waals surface area contributed by atoms with Crippen LogP contribution < -0.4 is 10.1 Å². The van der Waals surface area contributed by atoms with Gasteiger partial charge in [-0.2, -0.15) is 0 Å². The molecule has 0 heterocycles. The van der Waals surface area contributed by atoms with Crippen LogP contribution in [0.15, 0.2) is 30.3 Å². The van der Waals surface area contributed by atoms with Gasteiger partial charge in [-0.3, -0.25) is 0 Å². The Balaban J connectivity index is 1.74. The minimum Gasteiger partial charge on any atom is -0.490 e. The van der Waals surface area contributed by atoms with Crippen LogP contribution >= 0.6 is 0 Å². The zero-order valence-electron chi connectivity index (χ0n) is 8.57. The summed E-state index contributed by atoms with van der Waals surface area (Å²) < 4.78 is 5.79. The van der Waals surface area contributed by atoms with Crippen LogP contribution in [0.2, 0.25) is 0 Å². The Morgan fingerprint density at radius 3 is 2.64 bits per heavy atom. The summed E-state index contributed by atoms with van der Waals surface area (Å²) in [6.45, 7) is 3.20. The fourth-order valence-corrected chi connectivity index (χ4v) is 1.81. The average Bonchev–Trinajstić information content (AvgIpc) is 2.16. The summed E-state index contributed by atoms with van der Waals surface area (Å²) in [6, 6.07) is 10.7. The van der Waals surface area contributed by atoms with Crippen molar-refractivity contribution in [2.75, 3.05) is 6.54 Å². The largest absolute Gasteiger partial charge is 0.490 e. The quantitative estimate of drug-likeness (QED) is 0.787. The van der Waals surface area contributed by atoms with E-state index in [1.165, 1.54) is 0 Å². The molecule has 1 saturated carbocycles. The molecule has 2 rings (SSSR count). The predicted octanol–water partition coefficient (Wildman–Crippen LogP) is 2.21. The Kier molecular flexibility index (Phi) is 3.04. The summed E-state index contributed by atoms with van der Waals surface area (Å²) in [4.78, 5) is 0. The number of hydrogen-bond donors (Lipinski definition) is 1. The third-order valence-corrected chi connectivity index (χ3v) is 2.63. The highest BCUT2D eigenvalue weighted by Crippen LogP contribution is 2.25. The summed E-state index contributed by atoms with van der Waals surface area (Å²) in [6.07, 6.45) is 2.70. The van der Waals surface area contributed by atoms with Gasteiger partial charge in [0.15, 0.2) is 0 Å². The SMILES string of the molecule is CCNC1CC(Oc2ccccc2)C1. The van der Waals surface area contributed by atoms with Gasteiger partial charge in [-0.25, -0.2) is 0 Å². The van der Waals surface area contributed by atoms with Crippen molar-refractivity contribution in [1.29, 1.82) is 0 Å². The van der Waals surface area contributed by atoms with Crippen LogP contribution in [-0.2, 0) is 0 Å². The van der Waals surface area contributed by atoms with E-state index in [0.29, 0.717) is 12.1 Å². The van der Waals surface area contributed by atoms with Crippen molar-refractivity contribution in [3.63, 3.8) is 0 Å². The van der Waals surface area contributed by atoms with Crippen LogP contribution in [0.1, 0.15) is 19.8 Å². The van der Waals surface area contributed by atoms with Gasteiger partial charge in [0.25, 0.3) is 0 Å². The lowest BCUT2D eigenvalue weighted by Gasteiger charge is -2.35. The van der Waals surface area contributed by atoms with Crippen molar-refractivity contribution >= 4 is 0 Å². The highest BCUT2D eigenvalue weighted by atomic mass is 16.5. The van der Waals surface area contributed by atoms with E-state index in [1.54, 1.807) is 0 Å². The van der Waals surface area contributed by atoms with Gasteiger partial charge in [-0.1, -0.05) is 25.1 Å². The summed E-state index contributed by atoms with van der Waals surface area (Å²) >= 11 is 0. The summed E-state index contributed by atoms with van der Waals surface area (Å²) in [7, 11) is 0. The summed E-state index contributed by atoms with van der Waals surface area (Å²) in [5.41, 5.74) is 0. The molecule has 0 spiro atoms. The molecule has 1 aliphatic rings. The molecule has 0 aliphatic heterocycles. The van der Waals surface area contributed by atoms with Gasteiger partial charge in [0.1, 0.15) is 11.9 Å². The molecule has 14 heavy (non-hydrogen) atoms. The van der Waals surface area contributed by atoms with Crippen molar-refractivity contribution < 1.29 is 4.74 Å². The molecule has 0 bridgehead atoms. The maximum absolute atomic E-state index is 5.79. The second-order valence-electron chi connectivity index (χ2n) is 3.78. The van der Waals surface area contributed by atoms with E-state index >= 15 is 0 Å². The number of benzene rings is 1. The van der Waals surface area contributed by atoms with Gasteiger partial charge in [0.2, 0.25) is 0 Å². The lowest BCUT2D eigenvalue weighted by Crippen LogP contribution is -2.46. The standard InChI is InChI=1S/C12H17NO/c1-2-13-10-8-12(9-10)14-11-6-4-3-5-7-11/h3-7,10,12-13H,2,8-9H2,1H3. The van der Waals surface area contributed by atoms with Gasteiger partial charge < -0.3 is 10.1 Å². The first-order valence-corrected chi connectivity index (χ1v) is 5.33. The Hall–Kier alpha value is -1.02. The maximum atomic E-state index is 5.79. The number of ether oxygens (including phenoxy) is 1. The second kappa shape index (κ2) is 4.47. The summed E-state index contributed by atoms with van der Waals surface area (Å²) in [5, 5.41) is 3.42. The fourth-order valence-electron chi connectivity index (χ4n) is 1.81. The monoisotopic (exact) mass is 191 g/mol. The molecule has 0 radical (unpaired) electrons. The number of nitrogens with one attached hydrogen (secondary N) is 1. The zero-order valence-corrected chi connectivity index (χ0v) is 8.57. The van der Waals surface area contributed by atoms with Crippen LogP contribution in [0.4, 0.5) is 0 Å². The fraction of sp³-hybridized carbons (Fsp3) is 0.500. The molecular formula is C12H17NO. The second-order valence-corrected chi connectivity index (χ2v) is 3.78. The Bertz CT molecular complexity index is 267. The number of hydrogen-bond acceptors (Lipinski definition) is 2. The molecule has 0 saturated heterocycles. The third kappa shape index (κ3) is 2.26. The predicted molar refractivity (Wildman–Crippen MR) is 57.6 cm³/mol. The highest BCUT2D eigenvalue weighted by Gasteiger charge is 2.29. The van der Waals surface area contributed by atoms with E-state index in [0.717, 1.165) is 25.1 Å². The van der Waals surface area contributed by atoms with Gasteiger partial charge in [-0.15, -0.1) is 0 Å². The Morgan fingerprint density at radius 1 is 1.29 bits per heavy atom. The normalized spacial score (nSPS) is 25.5. The van der Waals surface area contributed by atoms with Crippen molar-refractivity contribution in [3.05, 3.63) is 30.3 Å². The molecule has 0 amide bonds. The van der Waals surface area contributed by atoms with Crippen LogP contribution in [0, 0.1) is 0 Å². The molecule has 2 nitrogen and oxygen atoms in total. The van der Waals surface area contributed by atoms with Crippen LogP contribution in [0.3, 0.4) is 0 Å². The maximum Gasteiger partial charge on any atom is 0.119 e. The smallest absolute Gasteiger partial charge is 0.119 e. The molecule has 1 aliphatic carbocycles. The topological polar surface area (TPSA) is 21.3 Å². The molecule has 1 fully saturated rings. The van der Waals surface area contributed by atoms with E-state index < -0.39 is 0 Å².